The number of amides is 1. The van der Waals surface area contributed by atoms with Gasteiger partial charge in [0.25, 0.3) is 5.91 Å². The number of pyridine rings is 1. The van der Waals surface area contributed by atoms with Crippen molar-refractivity contribution in [2.24, 2.45) is 0 Å². The van der Waals surface area contributed by atoms with Gasteiger partial charge in [-0.05, 0) is 30.7 Å². The molecule has 0 saturated carbocycles. The molecule has 0 atom stereocenters. The fourth-order valence-electron chi connectivity index (χ4n) is 2.34. The molecule has 0 bridgehead atoms. The molecule has 0 radical (unpaired) electrons. The van der Waals surface area contributed by atoms with Crippen molar-refractivity contribution in [3.63, 3.8) is 0 Å². The van der Waals surface area contributed by atoms with Crippen LogP contribution in [0.3, 0.4) is 0 Å². The van der Waals surface area contributed by atoms with E-state index in [0.29, 0.717) is 0 Å². The van der Waals surface area contributed by atoms with Crippen LogP contribution >= 0.6 is 0 Å². The van der Waals surface area contributed by atoms with Gasteiger partial charge in [-0.3, -0.25) is 4.79 Å². The summed E-state index contributed by atoms with van der Waals surface area (Å²) in [5.41, 5.74) is 0.881. The Hall–Kier alpha value is -2.67. The molecule has 1 aromatic carbocycles. The maximum atomic E-state index is 12.3. The Bertz CT molecular complexity index is 915. The Balaban J connectivity index is 1.99. The standard InChI is InChI=1S/C16H14N2O4S/c1-10-6-7-14(17-8-10)18-16(20)12-9-23(21,22)13-5-3-2-4-11(13)15(12)19/h2-8,19H,9H2,1H3,(H,17,18,20). The molecular formula is C16H14N2O4S. The minimum atomic E-state index is -3.67. The number of nitrogens with zero attached hydrogens (tertiary/aromatic N) is 1. The van der Waals surface area contributed by atoms with Gasteiger partial charge in [-0.1, -0.05) is 18.2 Å². The zero-order chi connectivity index (χ0) is 16.6. The average molecular weight is 330 g/mol. The summed E-state index contributed by atoms with van der Waals surface area (Å²) in [6, 6.07) is 9.44. The minimum Gasteiger partial charge on any atom is -0.507 e. The lowest BCUT2D eigenvalue weighted by Crippen LogP contribution is -2.26. The molecule has 1 aliphatic rings. The second-order valence-corrected chi connectivity index (χ2v) is 7.22. The first-order chi connectivity index (χ1) is 10.9. The highest BCUT2D eigenvalue weighted by molar-refractivity contribution is 7.91. The van der Waals surface area contributed by atoms with Crippen LogP contribution in [0.2, 0.25) is 0 Å². The Morgan fingerprint density at radius 1 is 1.22 bits per heavy atom. The zero-order valence-electron chi connectivity index (χ0n) is 12.3. The number of hydrogen-bond donors (Lipinski definition) is 2. The van der Waals surface area contributed by atoms with Gasteiger partial charge in [-0.2, -0.15) is 0 Å². The maximum absolute atomic E-state index is 12.3. The van der Waals surface area contributed by atoms with E-state index in [9.17, 15) is 18.3 Å². The third kappa shape index (κ3) is 2.83. The normalized spacial score (nSPS) is 15.9. The molecule has 118 valence electrons. The van der Waals surface area contributed by atoms with Crippen LogP contribution in [0.5, 0.6) is 0 Å². The molecular weight excluding hydrogens is 316 g/mol. The topological polar surface area (TPSA) is 96.4 Å². The summed E-state index contributed by atoms with van der Waals surface area (Å²) in [5, 5.41) is 12.8. The van der Waals surface area contributed by atoms with Gasteiger partial charge in [0.05, 0.1) is 16.2 Å². The predicted molar refractivity (Wildman–Crippen MR) is 85.6 cm³/mol. The predicted octanol–water partition coefficient (Wildman–Crippen LogP) is 2.09. The third-order valence-corrected chi connectivity index (χ3v) is 5.22. The van der Waals surface area contributed by atoms with E-state index in [1.54, 1.807) is 30.5 Å². The summed E-state index contributed by atoms with van der Waals surface area (Å²) in [5.74, 6) is -1.26. The van der Waals surface area contributed by atoms with Crippen LogP contribution in [0.1, 0.15) is 11.1 Å². The van der Waals surface area contributed by atoms with Gasteiger partial charge in [-0.25, -0.2) is 13.4 Å². The van der Waals surface area contributed by atoms with Crippen molar-refractivity contribution < 1.29 is 18.3 Å². The number of aryl methyl sites for hydroxylation is 1. The average Bonchev–Trinajstić information content (AvgIpc) is 2.53. The Labute approximate surface area is 133 Å². The number of aliphatic hydroxyl groups excluding tert-OH is 1. The van der Waals surface area contributed by atoms with Crippen molar-refractivity contribution in [2.75, 3.05) is 11.1 Å². The lowest BCUT2D eigenvalue weighted by Gasteiger charge is -2.19. The SMILES string of the molecule is Cc1ccc(NC(=O)C2=C(O)c3ccccc3S(=O)(=O)C2)nc1. The molecule has 6 nitrogen and oxygen atoms in total. The highest BCUT2D eigenvalue weighted by Gasteiger charge is 2.33. The summed E-state index contributed by atoms with van der Waals surface area (Å²) in [6.45, 7) is 1.86. The van der Waals surface area contributed by atoms with Crippen LogP contribution in [0.15, 0.2) is 53.1 Å². The highest BCUT2D eigenvalue weighted by atomic mass is 32.2. The first kappa shape index (κ1) is 15.2. The lowest BCUT2D eigenvalue weighted by molar-refractivity contribution is -0.112. The molecule has 2 heterocycles. The Morgan fingerprint density at radius 3 is 2.65 bits per heavy atom. The third-order valence-electron chi connectivity index (χ3n) is 3.52. The van der Waals surface area contributed by atoms with Gasteiger partial charge in [0.1, 0.15) is 11.6 Å². The van der Waals surface area contributed by atoms with Gasteiger partial charge in [0.15, 0.2) is 9.84 Å². The Kier molecular flexibility index (Phi) is 3.65. The molecule has 1 amide bonds. The fraction of sp³-hybridized carbons (Fsp3) is 0.125. The molecule has 0 fully saturated rings. The molecule has 1 aliphatic heterocycles. The highest BCUT2D eigenvalue weighted by Crippen LogP contribution is 2.32. The Morgan fingerprint density at radius 2 is 1.96 bits per heavy atom. The van der Waals surface area contributed by atoms with E-state index in [1.165, 1.54) is 12.1 Å². The quantitative estimate of drug-likeness (QED) is 0.879. The number of carbonyl (C=O) groups excluding carboxylic acids is 1. The van der Waals surface area contributed by atoms with Crippen LogP contribution in [-0.2, 0) is 14.6 Å². The number of sulfone groups is 1. The van der Waals surface area contributed by atoms with E-state index in [4.69, 9.17) is 0 Å². The van der Waals surface area contributed by atoms with Gasteiger partial charge in [0.2, 0.25) is 0 Å². The smallest absolute Gasteiger partial charge is 0.257 e. The van der Waals surface area contributed by atoms with Crippen molar-refractivity contribution in [3.8, 4) is 0 Å². The maximum Gasteiger partial charge on any atom is 0.257 e. The van der Waals surface area contributed by atoms with Gasteiger partial charge in [0, 0.05) is 11.8 Å². The molecule has 3 rings (SSSR count). The number of fused-ring (bicyclic) bond motifs is 1. The molecule has 23 heavy (non-hydrogen) atoms. The van der Waals surface area contributed by atoms with Crippen LogP contribution in [-0.4, -0.2) is 30.2 Å². The van der Waals surface area contributed by atoms with E-state index in [2.05, 4.69) is 10.3 Å². The molecule has 1 aromatic heterocycles. The summed E-state index contributed by atoms with van der Waals surface area (Å²) in [4.78, 5) is 16.4. The van der Waals surface area contributed by atoms with Crippen molar-refractivity contribution in [1.29, 1.82) is 0 Å². The number of carbonyl (C=O) groups is 1. The summed E-state index contributed by atoms with van der Waals surface area (Å²) in [6.07, 6.45) is 1.58. The first-order valence-electron chi connectivity index (χ1n) is 6.87. The largest absolute Gasteiger partial charge is 0.507 e. The molecule has 0 unspecified atom stereocenters. The van der Waals surface area contributed by atoms with E-state index in [0.717, 1.165) is 5.56 Å². The number of nitrogens with one attached hydrogen (secondary N) is 1. The first-order valence-corrected chi connectivity index (χ1v) is 8.52. The number of rotatable bonds is 2. The number of aliphatic hydroxyl groups is 1. The summed E-state index contributed by atoms with van der Waals surface area (Å²) in [7, 11) is -3.67. The van der Waals surface area contributed by atoms with E-state index in [1.807, 2.05) is 6.92 Å². The van der Waals surface area contributed by atoms with Gasteiger partial charge in [-0.15, -0.1) is 0 Å². The van der Waals surface area contributed by atoms with E-state index in [-0.39, 0.29) is 27.6 Å². The van der Waals surface area contributed by atoms with Crippen molar-refractivity contribution in [1.82, 2.24) is 4.98 Å². The number of hydrogen-bond acceptors (Lipinski definition) is 5. The second kappa shape index (κ2) is 5.51. The monoisotopic (exact) mass is 330 g/mol. The molecule has 2 aromatic rings. The molecule has 2 N–H and O–H groups in total. The molecule has 0 saturated heterocycles. The van der Waals surface area contributed by atoms with Crippen LogP contribution in [0, 0.1) is 6.92 Å². The van der Waals surface area contributed by atoms with E-state index >= 15 is 0 Å². The minimum absolute atomic E-state index is 0.0301. The number of benzene rings is 1. The number of aromatic nitrogens is 1. The van der Waals surface area contributed by atoms with Crippen LogP contribution in [0.25, 0.3) is 5.76 Å². The fourth-order valence-corrected chi connectivity index (χ4v) is 3.93. The van der Waals surface area contributed by atoms with Crippen molar-refractivity contribution >= 4 is 27.3 Å². The van der Waals surface area contributed by atoms with Gasteiger partial charge < -0.3 is 10.4 Å². The molecule has 0 spiro atoms. The zero-order valence-corrected chi connectivity index (χ0v) is 13.1. The summed E-state index contributed by atoms with van der Waals surface area (Å²) < 4.78 is 24.6. The molecule has 0 aliphatic carbocycles. The second-order valence-electron chi connectivity index (χ2n) is 5.26. The van der Waals surface area contributed by atoms with Crippen molar-refractivity contribution in [2.45, 2.75) is 11.8 Å². The molecule has 7 heteroatoms. The van der Waals surface area contributed by atoms with Crippen molar-refractivity contribution in [3.05, 3.63) is 59.3 Å². The van der Waals surface area contributed by atoms with Crippen LogP contribution < -0.4 is 5.32 Å². The van der Waals surface area contributed by atoms with Crippen LogP contribution in [0.4, 0.5) is 5.82 Å². The number of anilines is 1. The van der Waals surface area contributed by atoms with E-state index < -0.39 is 21.5 Å². The lowest BCUT2D eigenvalue weighted by atomic mass is 10.1. The summed E-state index contributed by atoms with van der Waals surface area (Å²) >= 11 is 0. The van der Waals surface area contributed by atoms with Gasteiger partial charge >= 0.3 is 0 Å².